The maximum atomic E-state index is 6.14. The molecule has 1 nitrogen and oxygen atoms in total. The minimum Gasteiger partial charge on any atom is -0.381 e. The highest BCUT2D eigenvalue weighted by atomic mass is 35.5. The van der Waals surface area contributed by atoms with Crippen LogP contribution in [-0.4, -0.2) is 0 Å². The van der Waals surface area contributed by atoms with E-state index in [1.807, 2.05) is 13.0 Å². The van der Waals surface area contributed by atoms with Crippen LogP contribution in [0.1, 0.15) is 37.5 Å². The van der Waals surface area contributed by atoms with Gasteiger partial charge in [0.2, 0.25) is 0 Å². The maximum absolute atomic E-state index is 6.14. The Morgan fingerprint density at radius 3 is 2.20 bits per heavy atom. The molecule has 0 aliphatic rings. The maximum Gasteiger partial charge on any atom is 0.0438 e. The van der Waals surface area contributed by atoms with Crippen molar-refractivity contribution in [3.63, 3.8) is 0 Å². The van der Waals surface area contributed by atoms with Crippen LogP contribution >= 0.6 is 11.6 Å². The monoisotopic (exact) mass is 287 g/mol. The first-order valence-corrected chi connectivity index (χ1v) is 7.33. The Morgan fingerprint density at radius 1 is 1.00 bits per heavy atom. The number of halogens is 1. The van der Waals surface area contributed by atoms with Crippen molar-refractivity contribution in [1.82, 2.24) is 0 Å². The summed E-state index contributed by atoms with van der Waals surface area (Å²) < 4.78 is 0. The molecule has 0 aliphatic heterocycles. The van der Waals surface area contributed by atoms with Crippen LogP contribution in [0.5, 0.6) is 0 Å². The molecular formula is C18H22ClN. The van der Waals surface area contributed by atoms with Crippen LogP contribution in [0.2, 0.25) is 5.02 Å². The van der Waals surface area contributed by atoms with Crippen LogP contribution in [-0.2, 0) is 12.0 Å². The molecule has 0 saturated carbocycles. The van der Waals surface area contributed by atoms with Crippen LogP contribution in [0.3, 0.4) is 0 Å². The number of hydrogen-bond acceptors (Lipinski definition) is 1. The predicted octanol–water partition coefficient (Wildman–Crippen LogP) is 5.56. The molecule has 106 valence electrons. The molecule has 0 aliphatic carbocycles. The zero-order valence-corrected chi connectivity index (χ0v) is 13.4. The lowest BCUT2D eigenvalue weighted by Crippen LogP contribution is -2.10. The van der Waals surface area contributed by atoms with Gasteiger partial charge in [0.05, 0.1) is 0 Å². The summed E-state index contributed by atoms with van der Waals surface area (Å²) in [6.07, 6.45) is 0. The average Bonchev–Trinajstić information content (AvgIpc) is 2.40. The SMILES string of the molecule is Cc1ccc(CNc2ccc(C(C)(C)C)cc2)cc1Cl. The second-order valence-corrected chi connectivity index (χ2v) is 6.67. The first kappa shape index (κ1) is 14.9. The topological polar surface area (TPSA) is 12.0 Å². The zero-order valence-electron chi connectivity index (χ0n) is 12.6. The Bertz CT molecular complexity index is 579. The van der Waals surface area contributed by atoms with E-state index in [1.54, 1.807) is 0 Å². The summed E-state index contributed by atoms with van der Waals surface area (Å²) in [4.78, 5) is 0. The van der Waals surface area contributed by atoms with Gasteiger partial charge in [0.15, 0.2) is 0 Å². The van der Waals surface area contributed by atoms with Gasteiger partial charge in [-0.15, -0.1) is 0 Å². The Morgan fingerprint density at radius 2 is 1.65 bits per heavy atom. The third-order valence-corrected chi connectivity index (χ3v) is 3.89. The Kier molecular flexibility index (Phi) is 4.39. The molecule has 0 aromatic heterocycles. The summed E-state index contributed by atoms with van der Waals surface area (Å²) in [5.74, 6) is 0. The molecule has 0 atom stereocenters. The standard InChI is InChI=1S/C18H22ClN/c1-13-5-6-14(11-17(13)19)12-20-16-9-7-15(8-10-16)18(2,3)4/h5-11,20H,12H2,1-4H3. The van der Waals surface area contributed by atoms with E-state index in [4.69, 9.17) is 11.6 Å². The van der Waals surface area contributed by atoms with Crippen molar-refractivity contribution in [2.75, 3.05) is 5.32 Å². The number of rotatable bonds is 3. The van der Waals surface area contributed by atoms with E-state index in [2.05, 4.69) is 62.5 Å². The third-order valence-electron chi connectivity index (χ3n) is 3.48. The minimum absolute atomic E-state index is 0.197. The third kappa shape index (κ3) is 3.77. The van der Waals surface area contributed by atoms with Gasteiger partial charge in [0.25, 0.3) is 0 Å². The average molecular weight is 288 g/mol. The second-order valence-electron chi connectivity index (χ2n) is 6.26. The summed E-state index contributed by atoms with van der Waals surface area (Å²) in [7, 11) is 0. The fraction of sp³-hybridized carbons (Fsp3) is 0.333. The normalized spacial score (nSPS) is 11.4. The van der Waals surface area contributed by atoms with E-state index in [0.29, 0.717) is 0 Å². The second kappa shape index (κ2) is 5.88. The molecule has 0 fully saturated rings. The lowest BCUT2D eigenvalue weighted by atomic mass is 9.87. The van der Waals surface area contributed by atoms with Crippen molar-refractivity contribution in [3.05, 3.63) is 64.2 Å². The van der Waals surface area contributed by atoms with Crippen LogP contribution < -0.4 is 5.32 Å². The first-order valence-electron chi connectivity index (χ1n) is 6.96. The summed E-state index contributed by atoms with van der Waals surface area (Å²) in [5.41, 5.74) is 4.99. The van der Waals surface area contributed by atoms with Crippen molar-refractivity contribution in [2.24, 2.45) is 0 Å². The molecule has 0 bridgehead atoms. The summed E-state index contributed by atoms with van der Waals surface area (Å²) >= 11 is 6.14. The van der Waals surface area contributed by atoms with Crippen LogP contribution in [0.15, 0.2) is 42.5 Å². The van der Waals surface area contributed by atoms with Crippen molar-refractivity contribution < 1.29 is 0 Å². The molecule has 2 aromatic rings. The van der Waals surface area contributed by atoms with E-state index in [9.17, 15) is 0 Å². The molecule has 1 N–H and O–H groups in total. The molecule has 0 amide bonds. The number of aryl methyl sites for hydroxylation is 1. The highest BCUT2D eigenvalue weighted by Gasteiger charge is 2.12. The lowest BCUT2D eigenvalue weighted by Gasteiger charge is -2.19. The molecule has 2 rings (SSSR count). The quantitative estimate of drug-likeness (QED) is 0.779. The largest absolute Gasteiger partial charge is 0.381 e. The van der Waals surface area contributed by atoms with Gasteiger partial charge >= 0.3 is 0 Å². The Labute approximate surface area is 127 Å². The number of hydrogen-bond donors (Lipinski definition) is 1. The van der Waals surface area contributed by atoms with E-state index >= 15 is 0 Å². The Balaban J connectivity index is 2.02. The van der Waals surface area contributed by atoms with Crippen molar-refractivity contribution in [3.8, 4) is 0 Å². The Hall–Kier alpha value is -1.47. The molecule has 0 heterocycles. The van der Waals surface area contributed by atoms with Gasteiger partial charge in [-0.3, -0.25) is 0 Å². The molecule has 0 saturated heterocycles. The predicted molar refractivity (Wildman–Crippen MR) is 88.7 cm³/mol. The molecule has 20 heavy (non-hydrogen) atoms. The van der Waals surface area contributed by atoms with Gasteiger partial charge in [-0.1, -0.05) is 56.6 Å². The van der Waals surface area contributed by atoms with Gasteiger partial charge in [-0.2, -0.15) is 0 Å². The van der Waals surface area contributed by atoms with E-state index in [1.165, 1.54) is 11.1 Å². The van der Waals surface area contributed by atoms with Gasteiger partial charge in [0, 0.05) is 17.3 Å². The summed E-state index contributed by atoms with van der Waals surface area (Å²) in [5, 5.41) is 4.25. The molecule has 0 spiro atoms. The van der Waals surface area contributed by atoms with Gasteiger partial charge in [-0.05, 0) is 47.2 Å². The van der Waals surface area contributed by atoms with Crippen molar-refractivity contribution in [2.45, 2.75) is 39.7 Å². The van der Waals surface area contributed by atoms with Gasteiger partial charge in [-0.25, -0.2) is 0 Å². The van der Waals surface area contributed by atoms with Crippen LogP contribution in [0, 0.1) is 6.92 Å². The van der Waals surface area contributed by atoms with Crippen LogP contribution in [0.25, 0.3) is 0 Å². The molecule has 0 unspecified atom stereocenters. The smallest absolute Gasteiger partial charge is 0.0438 e. The number of benzene rings is 2. The van der Waals surface area contributed by atoms with Gasteiger partial charge in [0.1, 0.15) is 0 Å². The fourth-order valence-electron chi connectivity index (χ4n) is 2.04. The fourth-order valence-corrected chi connectivity index (χ4v) is 2.24. The summed E-state index contributed by atoms with van der Waals surface area (Å²) in [6.45, 7) is 9.48. The number of nitrogens with one attached hydrogen (secondary N) is 1. The highest BCUT2D eigenvalue weighted by molar-refractivity contribution is 6.31. The molecule has 2 heteroatoms. The minimum atomic E-state index is 0.197. The van der Waals surface area contributed by atoms with E-state index in [0.717, 1.165) is 22.8 Å². The van der Waals surface area contributed by atoms with E-state index < -0.39 is 0 Å². The van der Waals surface area contributed by atoms with Gasteiger partial charge < -0.3 is 5.32 Å². The van der Waals surface area contributed by atoms with Crippen molar-refractivity contribution >= 4 is 17.3 Å². The van der Waals surface area contributed by atoms with Crippen LogP contribution in [0.4, 0.5) is 5.69 Å². The lowest BCUT2D eigenvalue weighted by molar-refractivity contribution is 0.590. The molecule has 0 radical (unpaired) electrons. The first-order chi connectivity index (χ1) is 9.36. The highest BCUT2D eigenvalue weighted by Crippen LogP contribution is 2.24. The van der Waals surface area contributed by atoms with Crippen molar-refractivity contribution in [1.29, 1.82) is 0 Å². The molecular weight excluding hydrogens is 266 g/mol. The van der Waals surface area contributed by atoms with E-state index in [-0.39, 0.29) is 5.41 Å². The summed E-state index contributed by atoms with van der Waals surface area (Å²) in [6, 6.07) is 14.8. The zero-order chi connectivity index (χ0) is 14.8. The number of anilines is 1. The molecule has 2 aromatic carbocycles.